The van der Waals surface area contributed by atoms with Crippen LogP contribution in [0.15, 0.2) is 5.16 Å². The Kier molecular flexibility index (Phi) is 2.21. The summed E-state index contributed by atoms with van der Waals surface area (Å²) < 4.78 is 0. The fraction of sp³-hybridized carbons (Fsp3) is 0.889. The van der Waals surface area contributed by atoms with Crippen molar-refractivity contribution in [3.05, 3.63) is 0 Å². The molecule has 0 radical (unpaired) electrons. The molecule has 1 aliphatic rings. The van der Waals surface area contributed by atoms with Crippen LogP contribution in [0.5, 0.6) is 0 Å². The van der Waals surface area contributed by atoms with Gasteiger partial charge in [0.1, 0.15) is 0 Å². The van der Waals surface area contributed by atoms with Crippen LogP contribution in [-0.2, 0) is 0 Å². The van der Waals surface area contributed by atoms with Crippen LogP contribution in [0.25, 0.3) is 0 Å². The lowest BCUT2D eigenvalue weighted by atomic mass is 9.88. The zero-order valence-electron chi connectivity index (χ0n) is 7.59. The van der Waals surface area contributed by atoms with Gasteiger partial charge < -0.3 is 5.21 Å². The van der Waals surface area contributed by atoms with Gasteiger partial charge in [-0.2, -0.15) is 0 Å². The van der Waals surface area contributed by atoms with E-state index < -0.39 is 0 Å². The Hall–Kier alpha value is -0.530. The molecule has 0 unspecified atom stereocenters. The minimum atomic E-state index is 0.254. The first kappa shape index (κ1) is 8.57. The molecule has 0 amide bonds. The summed E-state index contributed by atoms with van der Waals surface area (Å²) in [5.41, 5.74) is 1.25. The molecular weight excluding hydrogens is 138 g/mol. The van der Waals surface area contributed by atoms with Gasteiger partial charge in [-0.25, -0.2) is 0 Å². The largest absolute Gasteiger partial charge is 0.411 e. The third-order valence-corrected chi connectivity index (χ3v) is 1.89. The van der Waals surface area contributed by atoms with Gasteiger partial charge in [0.05, 0.1) is 5.71 Å². The van der Waals surface area contributed by atoms with Gasteiger partial charge in [-0.1, -0.05) is 25.9 Å². The molecule has 0 aromatic carbocycles. The van der Waals surface area contributed by atoms with Crippen LogP contribution < -0.4 is 0 Å². The van der Waals surface area contributed by atoms with Crippen molar-refractivity contribution in [3.8, 4) is 0 Å². The number of rotatable bonds is 2. The Morgan fingerprint density at radius 1 is 1.45 bits per heavy atom. The van der Waals surface area contributed by atoms with Gasteiger partial charge in [-0.3, -0.25) is 0 Å². The molecule has 1 fully saturated rings. The number of hydrogen-bond acceptors (Lipinski definition) is 2. The maximum absolute atomic E-state index is 8.69. The monoisotopic (exact) mass is 155 g/mol. The number of hydrogen-bond donors (Lipinski definition) is 1. The second kappa shape index (κ2) is 2.84. The number of oxime groups is 1. The molecule has 2 heteroatoms. The zero-order valence-corrected chi connectivity index (χ0v) is 7.59. The minimum absolute atomic E-state index is 0.254. The Bertz CT molecular complexity index is 163. The van der Waals surface area contributed by atoms with Crippen LogP contribution in [0.1, 0.15) is 40.0 Å². The van der Waals surface area contributed by atoms with E-state index in [9.17, 15) is 0 Å². The smallest absolute Gasteiger partial charge is 0.0606 e. The third-order valence-electron chi connectivity index (χ3n) is 1.89. The van der Waals surface area contributed by atoms with E-state index in [0.717, 1.165) is 12.1 Å². The first-order chi connectivity index (χ1) is 5.03. The molecule has 1 N–H and O–H groups in total. The average Bonchev–Trinajstić information content (AvgIpc) is 2.61. The van der Waals surface area contributed by atoms with Crippen molar-refractivity contribution >= 4 is 5.71 Å². The van der Waals surface area contributed by atoms with E-state index in [1.54, 1.807) is 0 Å². The van der Waals surface area contributed by atoms with E-state index in [-0.39, 0.29) is 5.41 Å². The highest BCUT2D eigenvalue weighted by Gasteiger charge is 2.30. The molecule has 2 nitrogen and oxygen atoms in total. The maximum Gasteiger partial charge on any atom is 0.0606 e. The van der Waals surface area contributed by atoms with Crippen LogP contribution in [-0.4, -0.2) is 10.9 Å². The summed E-state index contributed by atoms with van der Waals surface area (Å²) in [7, 11) is 0. The normalized spacial score (nSPS) is 20.5. The molecule has 0 atom stereocenters. The molecule has 1 saturated carbocycles. The molecule has 1 aliphatic carbocycles. The van der Waals surface area contributed by atoms with Crippen molar-refractivity contribution in [1.29, 1.82) is 0 Å². The summed E-state index contributed by atoms with van der Waals surface area (Å²) >= 11 is 0. The molecule has 0 aliphatic heterocycles. The predicted molar refractivity (Wildman–Crippen MR) is 46.0 cm³/mol. The van der Waals surface area contributed by atoms with Gasteiger partial charge in [0.15, 0.2) is 0 Å². The SMILES string of the molecule is CC(C)(C)C/C(=N/O)C1CC1. The van der Waals surface area contributed by atoms with Gasteiger partial charge in [-0.05, 0) is 24.7 Å². The molecule has 0 spiro atoms. The fourth-order valence-electron chi connectivity index (χ4n) is 1.22. The Labute approximate surface area is 68.3 Å². The minimum Gasteiger partial charge on any atom is -0.411 e. The fourth-order valence-corrected chi connectivity index (χ4v) is 1.22. The van der Waals surface area contributed by atoms with E-state index in [4.69, 9.17) is 5.21 Å². The van der Waals surface area contributed by atoms with Crippen LogP contribution in [0.2, 0.25) is 0 Å². The molecule has 0 heterocycles. The van der Waals surface area contributed by atoms with Crippen molar-refractivity contribution in [2.45, 2.75) is 40.0 Å². The second-order valence-corrected chi connectivity index (χ2v) is 4.60. The van der Waals surface area contributed by atoms with Crippen LogP contribution in [0, 0.1) is 11.3 Å². The Morgan fingerprint density at radius 2 is 2.00 bits per heavy atom. The van der Waals surface area contributed by atoms with Gasteiger partial charge >= 0.3 is 0 Å². The molecule has 0 aromatic rings. The van der Waals surface area contributed by atoms with Gasteiger partial charge in [0, 0.05) is 5.92 Å². The first-order valence-electron chi connectivity index (χ1n) is 4.24. The average molecular weight is 155 g/mol. The van der Waals surface area contributed by atoms with Crippen molar-refractivity contribution < 1.29 is 5.21 Å². The van der Waals surface area contributed by atoms with E-state index in [2.05, 4.69) is 25.9 Å². The third kappa shape index (κ3) is 2.91. The zero-order chi connectivity index (χ0) is 8.48. The topological polar surface area (TPSA) is 32.6 Å². The summed E-state index contributed by atoms with van der Waals surface area (Å²) in [6.45, 7) is 6.50. The predicted octanol–water partition coefficient (Wildman–Crippen LogP) is 2.66. The Balaban J connectivity index is 2.45. The second-order valence-electron chi connectivity index (χ2n) is 4.60. The van der Waals surface area contributed by atoms with E-state index in [1.807, 2.05) is 0 Å². The molecule has 1 rings (SSSR count). The van der Waals surface area contributed by atoms with Crippen molar-refractivity contribution in [2.24, 2.45) is 16.5 Å². The lowest BCUT2D eigenvalue weighted by Crippen LogP contribution is -2.14. The molecule has 0 saturated heterocycles. The van der Waals surface area contributed by atoms with Crippen LogP contribution >= 0.6 is 0 Å². The molecule has 11 heavy (non-hydrogen) atoms. The summed E-state index contributed by atoms with van der Waals surface area (Å²) in [4.78, 5) is 0. The highest BCUT2D eigenvalue weighted by atomic mass is 16.4. The lowest BCUT2D eigenvalue weighted by Gasteiger charge is -2.18. The van der Waals surface area contributed by atoms with Crippen molar-refractivity contribution in [2.75, 3.05) is 0 Å². The van der Waals surface area contributed by atoms with E-state index in [1.165, 1.54) is 12.8 Å². The summed E-state index contributed by atoms with van der Waals surface area (Å²) in [5.74, 6) is 0.597. The van der Waals surface area contributed by atoms with Gasteiger partial charge in [0.2, 0.25) is 0 Å². The lowest BCUT2D eigenvalue weighted by molar-refractivity contribution is 0.310. The standard InChI is InChI=1S/C9H17NO/c1-9(2,3)6-8(10-11)7-4-5-7/h7,11H,4-6H2,1-3H3/b10-8-. The maximum atomic E-state index is 8.69. The number of nitrogens with zero attached hydrogens (tertiary/aromatic N) is 1. The molecule has 64 valence electrons. The van der Waals surface area contributed by atoms with Gasteiger partial charge in [0.25, 0.3) is 0 Å². The molecule has 0 bridgehead atoms. The molecule has 0 aromatic heterocycles. The van der Waals surface area contributed by atoms with Crippen LogP contribution in [0.3, 0.4) is 0 Å². The quantitative estimate of drug-likeness (QED) is 0.371. The highest BCUT2D eigenvalue weighted by Crippen LogP contribution is 2.35. The Morgan fingerprint density at radius 3 is 2.27 bits per heavy atom. The summed E-state index contributed by atoms with van der Waals surface area (Å²) in [5, 5.41) is 12.0. The summed E-state index contributed by atoms with van der Waals surface area (Å²) in [6.07, 6.45) is 3.36. The van der Waals surface area contributed by atoms with Crippen molar-refractivity contribution in [3.63, 3.8) is 0 Å². The van der Waals surface area contributed by atoms with Crippen LogP contribution in [0.4, 0.5) is 0 Å². The van der Waals surface area contributed by atoms with E-state index >= 15 is 0 Å². The molecular formula is C9H17NO. The van der Waals surface area contributed by atoms with Gasteiger partial charge in [-0.15, -0.1) is 0 Å². The first-order valence-corrected chi connectivity index (χ1v) is 4.24. The van der Waals surface area contributed by atoms with E-state index in [0.29, 0.717) is 5.92 Å². The highest BCUT2D eigenvalue weighted by molar-refractivity contribution is 5.88. The van der Waals surface area contributed by atoms with Crippen molar-refractivity contribution in [1.82, 2.24) is 0 Å². The summed E-state index contributed by atoms with van der Waals surface area (Å²) in [6, 6.07) is 0.